The lowest BCUT2D eigenvalue weighted by Gasteiger charge is -2.36. The molecule has 1 aliphatic heterocycles. The van der Waals surface area contributed by atoms with Gasteiger partial charge in [0.25, 0.3) is 5.91 Å². The molecular formula is C16H13F3N4O2. The van der Waals surface area contributed by atoms with Crippen LogP contribution in [0.2, 0.25) is 0 Å². The topological polar surface area (TPSA) is 76.8 Å². The molecule has 1 fully saturated rings. The summed E-state index contributed by atoms with van der Waals surface area (Å²) in [4.78, 5) is 17.7. The highest BCUT2D eigenvalue weighted by atomic mass is 19.4. The second-order valence-electron chi connectivity index (χ2n) is 5.98. The molecular weight excluding hydrogens is 337 g/mol. The quantitative estimate of drug-likeness (QED) is 0.770. The van der Waals surface area contributed by atoms with E-state index in [1.807, 2.05) is 0 Å². The number of hydrogen-bond donors (Lipinski definition) is 1. The van der Waals surface area contributed by atoms with E-state index >= 15 is 0 Å². The lowest BCUT2D eigenvalue weighted by Crippen LogP contribution is -2.57. The van der Waals surface area contributed by atoms with Gasteiger partial charge in [-0.3, -0.25) is 4.79 Å². The van der Waals surface area contributed by atoms with Crippen molar-refractivity contribution in [1.82, 2.24) is 14.3 Å². The molecule has 0 radical (unpaired) electrons. The molecule has 4 heterocycles. The number of fused-ring (bicyclic) bond motifs is 1. The number of rotatable bonds is 2. The molecule has 3 aromatic rings. The van der Waals surface area contributed by atoms with E-state index in [2.05, 4.69) is 4.98 Å². The van der Waals surface area contributed by atoms with E-state index in [1.165, 1.54) is 34.2 Å². The molecule has 1 amide bonds. The fourth-order valence-corrected chi connectivity index (χ4v) is 2.84. The molecule has 3 aromatic heterocycles. The van der Waals surface area contributed by atoms with Crippen molar-refractivity contribution in [2.45, 2.75) is 12.2 Å². The molecule has 4 rings (SSSR count). The average Bonchev–Trinajstić information content (AvgIpc) is 3.17. The monoisotopic (exact) mass is 350 g/mol. The van der Waals surface area contributed by atoms with Crippen LogP contribution < -0.4 is 5.73 Å². The fourth-order valence-electron chi connectivity index (χ4n) is 2.84. The van der Waals surface area contributed by atoms with Crippen LogP contribution in [0, 0.1) is 0 Å². The van der Waals surface area contributed by atoms with Gasteiger partial charge in [-0.05, 0) is 12.1 Å². The predicted octanol–water partition coefficient (Wildman–Crippen LogP) is 2.40. The maximum absolute atomic E-state index is 13.4. The van der Waals surface area contributed by atoms with Gasteiger partial charge in [-0.1, -0.05) is 0 Å². The molecule has 0 saturated carbocycles. The first kappa shape index (κ1) is 15.7. The first-order chi connectivity index (χ1) is 11.8. The van der Waals surface area contributed by atoms with Crippen molar-refractivity contribution < 1.29 is 22.4 Å². The third-order valence-electron chi connectivity index (χ3n) is 4.13. The van der Waals surface area contributed by atoms with Gasteiger partial charge in [0.05, 0.1) is 18.1 Å². The smallest absolute Gasteiger partial charge is 0.420 e. The highest BCUT2D eigenvalue weighted by molar-refractivity contribution is 5.93. The van der Waals surface area contributed by atoms with Crippen LogP contribution >= 0.6 is 0 Å². The molecule has 0 spiro atoms. The standard InChI is InChI=1S/C16H13F3N4O2/c17-16(18,19)12-3-10(9-1-2-25-8-9)4-22-7-13(21-14(12)22)15(24)23-5-11(20)6-23/h1-4,7-8,11H,5-6,20H2. The van der Waals surface area contributed by atoms with Gasteiger partial charge < -0.3 is 19.5 Å². The third-order valence-corrected chi connectivity index (χ3v) is 4.13. The van der Waals surface area contributed by atoms with Crippen LogP contribution in [-0.2, 0) is 6.18 Å². The second kappa shape index (κ2) is 5.35. The Morgan fingerprint density at radius 1 is 1.28 bits per heavy atom. The molecule has 0 unspecified atom stereocenters. The molecule has 1 saturated heterocycles. The molecule has 0 aromatic carbocycles. The molecule has 2 N–H and O–H groups in total. The Kier molecular flexibility index (Phi) is 3.36. The van der Waals surface area contributed by atoms with E-state index in [0.717, 1.165) is 6.07 Å². The minimum Gasteiger partial charge on any atom is -0.472 e. The molecule has 0 atom stereocenters. The first-order valence-electron chi connectivity index (χ1n) is 7.50. The van der Waals surface area contributed by atoms with Crippen molar-refractivity contribution in [2.75, 3.05) is 13.1 Å². The van der Waals surface area contributed by atoms with Crippen LogP contribution in [0.5, 0.6) is 0 Å². The van der Waals surface area contributed by atoms with Crippen LogP contribution in [0.4, 0.5) is 13.2 Å². The van der Waals surface area contributed by atoms with Gasteiger partial charge in [-0.15, -0.1) is 0 Å². The van der Waals surface area contributed by atoms with Gasteiger partial charge in [0, 0.05) is 42.7 Å². The molecule has 9 heteroatoms. The van der Waals surface area contributed by atoms with Crippen LogP contribution in [0.15, 0.2) is 41.5 Å². The number of carbonyl (C=O) groups is 1. The van der Waals surface area contributed by atoms with E-state index in [9.17, 15) is 18.0 Å². The van der Waals surface area contributed by atoms with Crippen molar-refractivity contribution in [3.8, 4) is 11.1 Å². The number of furan rings is 1. The van der Waals surface area contributed by atoms with E-state index in [0.29, 0.717) is 24.2 Å². The third kappa shape index (κ3) is 2.66. The maximum Gasteiger partial charge on any atom is 0.420 e. The predicted molar refractivity (Wildman–Crippen MR) is 81.8 cm³/mol. The summed E-state index contributed by atoms with van der Waals surface area (Å²) in [5, 5.41) is 0. The van der Waals surface area contributed by atoms with E-state index in [1.54, 1.807) is 6.07 Å². The highest BCUT2D eigenvalue weighted by Gasteiger charge is 2.36. The Balaban J connectivity index is 1.83. The lowest BCUT2D eigenvalue weighted by molar-refractivity contribution is -0.136. The number of nitrogens with two attached hydrogens (primary N) is 1. The van der Waals surface area contributed by atoms with Gasteiger partial charge in [0.2, 0.25) is 0 Å². The number of aromatic nitrogens is 2. The zero-order chi connectivity index (χ0) is 17.8. The Labute approximate surface area is 139 Å². The zero-order valence-electron chi connectivity index (χ0n) is 12.8. The lowest BCUT2D eigenvalue weighted by atomic mass is 10.1. The minimum absolute atomic E-state index is 0.0401. The normalized spacial score (nSPS) is 15.6. The zero-order valence-corrected chi connectivity index (χ0v) is 12.8. The molecule has 0 aliphatic carbocycles. The van der Waals surface area contributed by atoms with E-state index < -0.39 is 17.6 Å². The minimum atomic E-state index is -4.61. The van der Waals surface area contributed by atoms with Crippen molar-refractivity contribution in [3.63, 3.8) is 0 Å². The number of likely N-dealkylation sites (tertiary alicyclic amines) is 1. The van der Waals surface area contributed by atoms with Crippen molar-refractivity contribution in [2.24, 2.45) is 5.73 Å². The molecule has 25 heavy (non-hydrogen) atoms. The molecule has 1 aliphatic rings. The van der Waals surface area contributed by atoms with Crippen LogP contribution in [0.25, 0.3) is 16.8 Å². The van der Waals surface area contributed by atoms with Crippen LogP contribution in [0.3, 0.4) is 0 Å². The van der Waals surface area contributed by atoms with Gasteiger partial charge in [0.1, 0.15) is 11.3 Å². The van der Waals surface area contributed by atoms with Crippen molar-refractivity contribution in [3.05, 3.63) is 48.3 Å². The first-order valence-corrected chi connectivity index (χ1v) is 7.50. The highest BCUT2D eigenvalue weighted by Crippen LogP contribution is 2.35. The van der Waals surface area contributed by atoms with Crippen molar-refractivity contribution >= 4 is 11.6 Å². The summed E-state index contributed by atoms with van der Waals surface area (Å²) >= 11 is 0. The number of imidazole rings is 1. The summed E-state index contributed by atoms with van der Waals surface area (Å²) in [5.41, 5.74) is 5.19. The summed E-state index contributed by atoms with van der Waals surface area (Å²) in [6, 6.07) is 2.46. The number of pyridine rings is 1. The largest absolute Gasteiger partial charge is 0.472 e. The van der Waals surface area contributed by atoms with Gasteiger partial charge >= 0.3 is 6.18 Å². The number of nitrogens with zero attached hydrogens (tertiary/aromatic N) is 3. The Bertz CT molecular complexity index is 940. The number of hydrogen-bond acceptors (Lipinski definition) is 4. The average molecular weight is 350 g/mol. The summed E-state index contributed by atoms with van der Waals surface area (Å²) in [6.07, 6.45) is 0.918. The second-order valence-corrected chi connectivity index (χ2v) is 5.98. The summed E-state index contributed by atoms with van der Waals surface area (Å²) in [5.74, 6) is -0.427. The number of alkyl halides is 3. The van der Waals surface area contributed by atoms with Gasteiger partial charge in [0.15, 0.2) is 0 Å². The van der Waals surface area contributed by atoms with Crippen LogP contribution in [0.1, 0.15) is 16.1 Å². The molecule has 0 bridgehead atoms. The number of carbonyl (C=O) groups excluding carboxylic acids is 1. The SMILES string of the molecule is NC1CN(C(=O)c2cn3cc(-c4ccoc4)cc(C(F)(F)F)c3n2)C1. The summed E-state index contributed by atoms with van der Waals surface area (Å²) in [6.45, 7) is 0.748. The molecule has 6 nitrogen and oxygen atoms in total. The summed E-state index contributed by atoms with van der Waals surface area (Å²) in [7, 11) is 0. The Morgan fingerprint density at radius 2 is 2.04 bits per heavy atom. The van der Waals surface area contributed by atoms with Crippen molar-refractivity contribution in [1.29, 1.82) is 0 Å². The van der Waals surface area contributed by atoms with Gasteiger partial charge in [-0.25, -0.2) is 4.98 Å². The molecule has 130 valence electrons. The van der Waals surface area contributed by atoms with E-state index in [-0.39, 0.29) is 17.4 Å². The van der Waals surface area contributed by atoms with Crippen LogP contribution in [-0.4, -0.2) is 39.3 Å². The van der Waals surface area contributed by atoms with Gasteiger partial charge in [-0.2, -0.15) is 13.2 Å². The summed E-state index contributed by atoms with van der Waals surface area (Å²) < 4.78 is 46.5. The Morgan fingerprint density at radius 3 is 2.64 bits per heavy atom. The fraction of sp³-hybridized carbons (Fsp3) is 0.250. The Hall–Kier alpha value is -2.81. The maximum atomic E-state index is 13.4. The number of amides is 1. The number of halogens is 3. The van der Waals surface area contributed by atoms with E-state index in [4.69, 9.17) is 10.2 Å².